The zero-order valence-electron chi connectivity index (χ0n) is 16.5. The summed E-state index contributed by atoms with van der Waals surface area (Å²) in [7, 11) is -3.75. The number of sulfonamides is 1. The molecule has 2 aromatic carbocycles. The van der Waals surface area contributed by atoms with Crippen LogP contribution in [0, 0.1) is 5.92 Å². The Kier molecular flexibility index (Phi) is 5.86. The van der Waals surface area contributed by atoms with Crippen LogP contribution in [-0.4, -0.2) is 38.9 Å². The van der Waals surface area contributed by atoms with Crippen molar-refractivity contribution in [2.45, 2.75) is 35.0 Å². The van der Waals surface area contributed by atoms with Crippen LogP contribution in [-0.2, 0) is 14.8 Å². The minimum Gasteiger partial charge on any atom is -0.311 e. The van der Waals surface area contributed by atoms with E-state index in [-0.39, 0.29) is 16.7 Å². The molecule has 0 spiro atoms. The molecule has 2 aliphatic rings. The average molecular weight is 449 g/mol. The molecule has 154 valence electrons. The number of carbonyl (C=O) groups excluding carboxylic acids is 1. The first kappa shape index (κ1) is 20.6. The molecule has 0 bridgehead atoms. The van der Waals surface area contributed by atoms with Gasteiger partial charge in [-0.2, -0.15) is 0 Å². The molecule has 29 heavy (non-hydrogen) atoms. The predicted molar refractivity (Wildman–Crippen MR) is 121 cm³/mol. The molecule has 1 amide bonds. The summed E-state index contributed by atoms with van der Waals surface area (Å²) in [5.74, 6) is 1.96. The smallest absolute Gasteiger partial charge is 0.264 e. The van der Waals surface area contributed by atoms with E-state index in [1.807, 2.05) is 30.3 Å². The molecule has 0 aromatic heterocycles. The first-order valence-corrected chi connectivity index (χ1v) is 13.1. The number of hydrogen-bond acceptors (Lipinski definition) is 5. The fraction of sp³-hybridized carbons (Fsp3) is 0.381. The summed E-state index contributed by atoms with van der Waals surface area (Å²) < 4.78 is 28.9. The van der Waals surface area contributed by atoms with E-state index in [1.165, 1.54) is 11.2 Å². The maximum atomic E-state index is 13.7. The van der Waals surface area contributed by atoms with Crippen molar-refractivity contribution in [1.82, 2.24) is 0 Å². The van der Waals surface area contributed by atoms with Gasteiger partial charge in [0.05, 0.1) is 16.3 Å². The van der Waals surface area contributed by atoms with Gasteiger partial charge >= 0.3 is 0 Å². The lowest BCUT2D eigenvalue weighted by Crippen LogP contribution is -2.35. The number of fused-ring (bicyclic) bond motifs is 2. The lowest BCUT2D eigenvalue weighted by molar-refractivity contribution is -0.116. The van der Waals surface area contributed by atoms with E-state index in [0.29, 0.717) is 18.8 Å². The Morgan fingerprint density at radius 3 is 2.62 bits per heavy atom. The van der Waals surface area contributed by atoms with Gasteiger partial charge in [0, 0.05) is 35.6 Å². The monoisotopic (exact) mass is 448 g/mol. The van der Waals surface area contributed by atoms with Gasteiger partial charge in [0.1, 0.15) is 0 Å². The molecule has 0 aliphatic carbocycles. The number of anilines is 2. The van der Waals surface area contributed by atoms with E-state index >= 15 is 0 Å². The van der Waals surface area contributed by atoms with Crippen LogP contribution < -0.4 is 9.21 Å². The fourth-order valence-electron chi connectivity index (χ4n) is 3.65. The quantitative estimate of drug-likeness (QED) is 0.678. The van der Waals surface area contributed by atoms with Crippen molar-refractivity contribution < 1.29 is 13.2 Å². The molecule has 0 unspecified atom stereocenters. The molecule has 5 nitrogen and oxygen atoms in total. The number of nitrogens with zero attached hydrogens (tertiary/aromatic N) is 2. The van der Waals surface area contributed by atoms with Crippen LogP contribution in [0.4, 0.5) is 11.4 Å². The number of benzene rings is 2. The maximum absolute atomic E-state index is 13.7. The van der Waals surface area contributed by atoms with Crippen LogP contribution in [0.1, 0.15) is 20.3 Å². The standard InChI is InChI=1S/C21H24N2O3S3/c1-15-13-23(18-6-3-4-7-20(18)28-14-15)29(25,26)17-8-9-21-19(12-17)22(16(2)24)10-5-11-27-21/h3-4,6-9,12,15H,5,10-11,13-14H2,1-2H3/t15-/m1/s1. The molecule has 2 aromatic rings. The van der Waals surface area contributed by atoms with Gasteiger partial charge in [0.2, 0.25) is 5.91 Å². The van der Waals surface area contributed by atoms with Crippen molar-refractivity contribution in [2.75, 3.05) is 33.8 Å². The van der Waals surface area contributed by atoms with E-state index < -0.39 is 10.0 Å². The van der Waals surface area contributed by atoms with Crippen LogP contribution in [0.25, 0.3) is 0 Å². The Balaban J connectivity index is 1.81. The average Bonchev–Trinajstić information content (AvgIpc) is 3.02. The van der Waals surface area contributed by atoms with Crippen molar-refractivity contribution in [3.8, 4) is 0 Å². The fourth-order valence-corrected chi connectivity index (χ4v) is 7.38. The summed E-state index contributed by atoms with van der Waals surface area (Å²) in [6.07, 6.45) is 0.884. The first-order chi connectivity index (χ1) is 13.9. The summed E-state index contributed by atoms with van der Waals surface area (Å²) in [6.45, 7) is 4.66. The molecule has 2 heterocycles. The number of amides is 1. The molecule has 0 saturated heterocycles. The molecule has 0 radical (unpaired) electrons. The number of carbonyl (C=O) groups is 1. The first-order valence-electron chi connectivity index (χ1n) is 9.67. The number of para-hydroxylation sites is 1. The third-order valence-corrected chi connectivity index (χ3v) is 9.42. The van der Waals surface area contributed by atoms with E-state index in [2.05, 4.69) is 6.92 Å². The van der Waals surface area contributed by atoms with Crippen molar-refractivity contribution >= 4 is 50.8 Å². The van der Waals surface area contributed by atoms with Crippen LogP contribution in [0.5, 0.6) is 0 Å². The molecule has 0 saturated carbocycles. The van der Waals surface area contributed by atoms with Crippen molar-refractivity contribution in [2.24, 2.45) is 5.92 Å². The van der Waals surface area contributed by atoms with Crippen LogP contribution in [0.3, 0.4) is 0 Å². The highest BCUT2D eigenvalue weighted by Gasteiger charge is 2.32. The van der Waals surface area contributed by atoms with Gasteiger partial charge in [-0.05, 0) is 48.4 Å². The second-order valence-electron chi connectivity index (χ2n) is 7.42. The Morgan fingerprint density at radius 1 is 1.07 bits per heavy atom. The number of hydrogen-bond donors (Lipinski definition) is 0. The van der Waals surface area contributed by atoms with Crippen LogP contribution in [0.2, 0.25) is 0 Å². The molecule has 4 rings (SSSR count). The summed E-state index contributed by atoms with van der Waals surface area (Å²) in [5.41, 5.74) is 1.43. The van der Waals surface area contributed by atoms with Gasteiger partial charge in [-0.25, -0.2) is 8.42 Å². The van der Waals surface area contributed by atoms with E-state index in [1.54, 1.807) is 40.6 Å². The van der Waals surface area contributed by atoms with Crippen LogP contribution >= 0.6 is 23.5 Å². The lowest BCUT2D eigenvalue weighted by Gasteiger charge is -2.27. The third kappa shape index (κ3) is 4.02. The topological polar surface area (TPSA) is 57.7 Å². The molecular formula is C21H24N2O3S3. The van der Waals surface area contributed by atoms with Crippen molar-refractivity contribution in [3.63, 3.8) is 0 Å². The molecule has 8 heteroatoms. The number of rotatable bonds is 2. The van der Waals surface area contributed by atoms with Gasteiger partial charge in [0.25, 0.3) is 10.0 Å². The Bertz CT molecular complexity index is 1040. The Hall–Kier alpha value is -1.64. The SMILES string of the molecule is CC(=O)N1CCCSc2ccc(S(=O)(=O)N3C[C@@H](C)CSc4ccccc43)cc21. The van der Waals surface area contributed by atoms with Gasteiger partial charge < -0.3 is 4.90 Å². The summed E-state index contributed by atoms with van der Waals surface area (Å²) in [5, 5.41) is 0. The molecule has 1 atom stereocenters. The van der Waals surface area contributed by atoms with E-state index in [9.17, 15) is 13.2 Å². The zero-order chi connectivity index (χ0) is 20.6. The summed E-state index contributed by atoms with van der Waals surface area (Å²) in [6, 6.07) is 12.9. The Morgan fingerprint density at radius 2 is 1.83 bits per heavy atom. The molecule has 0 N–H and O–H groups in total. The van der Waals surface area contributed by atoms with Crippen LogP contribution in [0.15, 0.2) is 57.2 Å². The molecule has 2 aliphatic heterocycles. The highest BCUT2D eigenvalue weighted by molar-refractivity contribution is 8.00. The van der Waals surface area contributed by atoms with Gasteiger partial charge in [-0.3, -0.25) is 9.10 Å². The Labute approximate surface area is 180 Å². The van der Waals surface area contributed by atoms with Crippen molar-refractivity contribution in [1.29, 1.82) is 0 Å². The van der Waals surface area contributed by atoms with Gasteiger partial charge in [-0.1, -0.05) is 19.1 Å². The minimum absolute atomic E-state index is 0.0616. The van der Waals surface area contributed by atoms with Gasteiger partial charge in [-0.15, -0.1) is 23.5 Å². The summed E-state index contributed by atoms with van der Waals surface area (Å²) in [4.78, 5) is 16.1. The highest BCUT2D eigenvalue weighted by atomic mass is 32.2. The molecular weight excluding hydrogens is 424 g/mol. The summed E-state index contributed by atoms with van der Waals surface area (Å²) >= 11 is 3.37. The zero-order valence-corrected chi connectivity index (χ0v) is 18.9. The largest absolute Gasteiger partial charge is 0.311 e. The lowest BCUT2D eigenvalue weighted by atomic mass is 10.2. The second-order valence-corrected chi connectivity index (χ2v) is 11.5. The number of thioether (sulfide) groups is 2. The predicted octanol–water partition coefficient (Wildman–Crippen LogP) is 4.47. The van der Waals surface area contributed by atoms with Crippen molar-refractivity contribution in [3.05, 3.63) is 42.5 Å². The van der Waals surface area contributed by atoms with E-state index in [4.69, 9.17) is 0 Å². The van der Waals surface area contributed by atoms with Gasteiger partial charge in [0.15, 0.2) is 0 Å². The minimum atomic E-state index is -3.75. The molecule has 0 fully saturated rings. The maximum Gasteiger partial charge on any atom is 0.264 e. The highest BCUT2D eigenvalue weighted by Crippen LogP contribution is 2.40. The third-order valence-electron chi connectivity index (χ3n) is 5.11. The normalized spacial score (nSPS) is 19.7. The van der Waals surface area contributed by atoms with E-state index in [0.717, 1.165) is 33.4 Å². The second kappa shape index (κ2) is 8.24.